The van der Waals surface area contributed by atoms with Gasteiger partial charge in [0.1, 0.15) is 0 Å². The van der Waals surface area contributed by atoms with Gasteiger partial charge in [0.2, 0.25) is 0 Å². The van der Waals surface area contributed by atoms with Gasteiger partial charge in [-0.2, -0.15) is 0 Å². The van der Waals surface area contributed by atoms with Crippen LogP contribution in [0.15, 0.2) is 12.5 Å². The summed E-state index contributed by atoms with van der Waals surface area (Å²) in [4.78, 5) is 6.90. The molecule has 0 spiro atoms. The summed E-state index contributed by atoms with van der Waals surface area (Å²) in [6.45, 7) is 10.3. The van der Waals surface area contributed by atoms with Gasteiger partial charge < -0.3 is 15.2 Å². The SMILES string of the molecule is CC(C)CC(N)c1cncn1C(C)CN1CCCCC1. The molecule has 1 aliphatic rings. The first kappa shape index (κ1) is 15.5. The first-order valence-electron chi connectivity index (χ1n) is 8.07. The lowest BCUT2D eigenvalue weighted by Gasteiger charge is -2.30. The number of hydrogen-bond donors (Lipinski definition) is 1. The number of imidazole rings is 1. The van der Waals surface area contributed by atoms with Gasteiger partial charge in [-0.25, -0.2) is 4.98 Å². The quantitative estimate of drug-likeness (QED) is 0.870. The molecule has 2 heterocycles. The van der Waals surface area contributed by atoms with Crippen molar-refractivity contribution in [1.82, 2.24) is 14.5 Å². The van der Waals surface area contributed by atoms with E-state index in [1.165, 1.54) is 38.0 Å². The fourth-order valence-corrected chi connectivity index (χ4v) is 3.20. The fraction of sp³-hybridized carbons (Fsp3) is 0.812. The lowest BCUT2D eigenvalue weighted by atomic mass is 10.0. The smallest absolute Gasteiger partial charge is 0.0951 e. The highest BCUT2D eigenvalue weighted by Crippen LogP contribution is 2.22. The summed E-state index contributed by atoms with van der Waals surface area (Å²) >= 11 is 0. The zero-order valence-corrected chi connectivity index (χ0v) is 13.3. The summed E-state index contributed by atoms with van der Waals surface area (Å²) in [7, 11) is 0. The standard InChI is InChI=1S/C16H30N4/c1-13(2)9-15(17)16-10-18-12-20(16)14(3)11-19-7-5-4-6-8-19/h10,12-15H,4-9,11,17H2,1-3H3. The van der Waals surface area contributed by atoms with E-state index in [9.17, 15) is 0 Å². The Balaban J connectivity index is 1.98. The summed E-state index contributed by atoms with van der Waals surface area (Å²) in [5.41, 5.74) is 7.52. The second-order valence-corrected chi connectivity index (χ2v) is 6.67. The lowest BCUT2D eigenvalue weighted by molar-refractivity contribution is 0.200. The van der Waals surface area contributed by atoms with Crippen molar-refractivity contribution in [3.63, 3.8) is 0 Å². The van der Waals surface area contributed by atoms with E-state index in [1.54, 1.807) is 0 Å². The molecule has 1 aromatic heterocycles. The van der Waals surface area contributed by atoms with Gasteiger partial charge in [-0.3, -0.25) is 0 Å². The molecule has 0 amide bonds. The van der Waals surface area contributed by atoms with Crippen LogP contribution in [-0.2, 0) is 0 Å². The third-order valence-electron chi connectivity index (χ3n) is 4.25. The number of rotatable bonds is 6. The number of nitrogens with zero attached hydrogens (tertiary/aromatic N) is 3. The minimum Gasteiger partial charge on any atom is -0.329 e. The van der Waals surface area contributed by atoms with Crippen molar-refractivity contribution < 1.29 is 0 Å². The van der Waals surface area contributed by atoms with E-state index in [1.807, 2.05) is 12.5 Å². The van der Waals surface area contributed by atoms with Crippen LogP contribution in [0, 0.1) is 5.92 Å². The molecule has 1 aromatic rings. The highest BCUT2D eigenvalue weighted by molar-refractivity contribution is 5.06. The van der Waals surface area contributed by atoms with Gasteiger partial charge in [0.15, 0.2) is 0 Å². The van der Waals surface area contributed by atoms with Crippen LogP contribution in [0.5, 0.6) is 0 Å². The maximum absolute atomic E-state index is 6.34. The Morgan fingerprint density at radius 2 is 1.90 bits per heavy atom. The predicted molar refractivity (Wildman–Crippen MR) is 83.6 cm³/mol. The number of aromatic nitrogens is 2. The van der Waals surface area contributed by atoms with Crippen molar-refractivity contribution in [2.24, 2.45) is 11.7 Å². The Kier molecular flexibility index (Phi) is 5.61. The molecule has 1 fully saturated rings. The van der Waals surface area contributed by atoms with E-state index in [4.69, 9.17) is 5.73 Å². The summed E-state index contributed by atoms with van der Waals surface area (Å²) in [5, 5.41) is 0. The Hall–Kier alpha value is -0.870. The van der Waals surface area contributed by atoms with Gasteiger partial charge in [0, 0.05) is 24.8 Å². The molecule has 2 rings (SSSR count). The zero-order valence-electron chi connectivity index (χ0n) is 13.3. The van der Waals surface area contributed by atoms with Crippen molar-refractivity contribution in [3.05, 3.63) is 18.2 Å². The average molecular weight is 278 g/mol. The largest absolute Gasteiger partial charge is 0.329 e. The topological polar surface area (TPSA) is 47.1 Å². The van der Waals surface area contributed by atoms with Crippen LogP contribution in [0.1, 0.15) is 64.2 Å². The monoisotopic (exact) mass is 278 g/mol. The molecule has 20 heavy (non-hydrogen) atoms. The van der Waals surface area contributed by atoms with E-state index >= 15 is 0 Å². The van der Waals surface area contributed by atoms with E-state index in [0.29, 0.717) is 12.0 Å². The van der Waals surface area contributed by atoms with E-state index < -0.39 is 0 Å². The zero-order chi connectivity index (χ0) is 14.5. The van der Waals surface area contributed by atoms with Crippen LogP contribution < -0.4 is 5.73 Å². The van der Waals surface area contributed by atoms with Crippen LogP contribution in [0.2, 0.25) is 0 Å². The van der Waals surface area contributed by atoms with Gasteiger partial charge in [0.25, 0.3) is 0 Å². The highest BCUT2D eigenvalue weighted by Gasteiger charge is 2.19. The second-order valence-electron chi connectivity index (χ2n) is 6.67. The maximum Gasteiger partial charge on any atom is 0.0951 e. The van der Waals surface area contributed by atoms with Crippen molar-refractivity contribution >= 4 is 0 Å². The number of likely N-dealkylation sites (tertiary alicyclic amines) is 1. The molecule has 114 valence electrons. The molecule has 0 radical (unpaired) electrons. The minimum absolute atomic E-state index is 0.0984. The third-order valence-corrected chi connectivity index (χ3v) is 4.25. The molecular weight excluding hydrogens is 248 g/mol. The molecule has 4 nitrogen and oxygen atoms in total. The molecule has 2 N–H and O–H groups in total. The summed E-state index contributed by atoms with van der Waals surface area (Å²) in [5.74, 6) is 0.616. The van der Waals surface area contributed by atoms with Gasteiger partial charge in [-0.1, -0.05) is 20.3 Å². The van der Waals surface area contributed by atoms with Crippen LogP contribution in [0.3, 0.4) is 0 Å². The summed E-state index contributed by atoms with van der Waals surface area (Å²) < 4.78 is 2.28. The number of nitrogens with two attached hydrogens (primary N) is 1. The number of hydrogen-bond acceptors (Lipinski definition) is 3. The van der Waals surface area contributed by atoms with Crippen LogP contribution >= 0.6 is 0 Å². The number of piperidine rings is 1. The molecule has 2 unspecified atom stereocenters. The van der Waals surface area contributed by atoms with Crippen molar-refractivity contribution in [2.45, 2.75) is 58.5 Å². The van der Waals surface area contributed by atoms with E-state index in [2.05, 4.69) is 35.2 Å². The molecule has 0 bridgehead atoms. The van der Waals surface area contributed by atoms with E-state index in [0.717, 1.165) is 13.0 Å². The first-order chi connectivity index (χ1) is 9.58. The van der Waals surface area contributed by atoms with Crippen LogP contribution in [0.4, 0.5) is 0 Å². The van der Waals surface area contributed by atoms with Crippen LogP contribution in [0.25, 0.3) is 0 Å². The van der Waals surface area contributed by atoms with Crippen molar-refractivity contribution in [1.29, 1.82) is 0 Å². The minimum atomic E-state index is 0.0984. The average Bonchev–Trinajstić information content (AvgIpc) is 2.88. The Morgan fingerprint density at radius 3 is 2.55 bits per heavy atom. The normalized spacial score (nSPS) is 20.2. The Labute approximate surface area is 123 Å². The van der Waals surface area contributed by atoms with Crippen LogP contribution in [-0.4, -0.2) is 34.1 Å². The molecule has 0 saturated carbocycles. The van der Waals surface area contributed by atoms with E-state index in [-0.39, 0.29) is 6.04 Å². The van der Waals surface area contributed by atoms with Crippen molar-refractivity contribution in [3.8, 4) is 0 Å². The summed E-state index contributed by atoms with van der Waals surface area (Å²) in [6, 6.07) is 0.546. The second kappa shape index (κ2) is 7.23. The van der Waals surface area contributed by atoms with Gasteiger partial charge >= 0.3 is 0 Å². The molecule has 1 aliphatic heterocycles. The molecular formula is C16H30N4. The molecule has 2 atom stereocenters. The third kappa shape index (κ3) is 4.06. The predicted octanol–water partition coefficient (Wildman–Crippen LogP) is 2.98. The van der Waals surface area contributed by atoms with Gasteiger partial charge in [0.05, 0.1) is 12.0 Å². The first-order valence-corrected chi connectivity index (χ1v) is 8.07. The molecule has 1 saturated heterocycles. The highest BCUT2D eigenvalue weighted by atomic mass is 15.2. The molecule has 4 heteroatoms. The molecule has 0 aliphatic carbocycles. The maximum atomic E-state index is 6.34. The summed E-state index contributed by atoms with van der Waals surface area (Å²) in [6.07, 6.45) is 8.99. The van der Waals surface area contributed by atoms with Gasteiger partial charge in [-0.15, -0.1) is 0 Å². The van der Waals surface area contributed by atoms with Crippen molar-refractivity contribution in [2.75, 3.05) is 19.6 Å². The lowest BCUT2D eigenvalue weighted by Crippen LogP contribution is -2.35. The Morgan fingerprint density at radius 1 is 1.20 bits per heavy atom. The fourth-order valence-electron chi connectivity index (χ4n) is 3.20. The van der Waals surface area contributed by atoms with Gasteiger partial charge in [-0.05, 0) is 45.2 Å². The molecule has 0 aromatic carbocycles. The Bertz CT molecular complexity index is 393.